The molecule has 89 heavy (non-hydrogen) atoms. The number of nitrogens with two attached hydrogens (primary N) is 2. The molecule has 0 radical (unpaired) electrons. The smallest absolute Gasteiger partial charge is 0.155 e. The predicted octanol–water partition coefficient (Wildman–Crippen LogP) is 17.9. The van der Waals surface area contributed by atoms with E-state index in [0.29, 0.717) is 101 Å². The molecule has 0 unspecified atom stereocenters. The van der Waals surface area contributed by atoms with Crippen molar-refractivity contribution in [2.45, 2.75) is 0 Å². The van der Waals surface area contributed by atoms with Gasteiger partial charge < -0.3 is 25.4 Å². The van der Waals surface area contributed by atoms with Crippen LogP contribution in [0.4, 0.5) is 11.6 Å². The molecule has 13 aromatic rings. The summed E-state index contributed by atoms with van der Waals surface area (Å²) in [6.45, 7) is 0. The van der Waals surface area contributed by atoms with Gasteiger partial charge in [-0.15, -0.1) is 0 Å². The van der Waals surface area contributed by atoms with E-state index in [0.717, 1.165) is 28.6 Å². The number of hydrazine groups is 1. The molecule has 0 bridgehead atoms. The Morgan fingerprint density at radius 3 is 1.16 bits per heavy atom. The average Bonchev–Trinajstić information content (AvgIpc) is 2.07. The van der Waals surface area contributed by atoms with Gasteiger partial charge in [0.05, 0.1) is 82.9 Å². The first-order valence-corrected chi connectivity index (χ1v) is 28.6. The van der Waals surface area contributed by atoms with Gasteiger partial charge >= 0.3 is 0 Å². The van der Waals surface area contributed by atoms with Crippen LogP contribution in [0.1, 0.15) is 11.1 Å². The lowest BCUT2D eigenvalue weighted by Gasteiger charge is -2.15. The molecule has 20 heteroatoms. The molecule has 0 amide bonds. The largest absolute Gasteiger partial charge is 0.457 e. The maximum Gasteiger partial charge on any atom is 0.155 e. The molecule has 16 nitrogen and oxygen atoms in total. The number of hydrogen-bond donors (Lipinski definition) is 4. The minimum atomic E-state index is 0.187. The van der Waals surface area contributed by atoms with Crippen molar-refractivity contribution < 1.29 is 14.2 Å². The van der Waals surface area contributed by atoms with E-state index in [1.54, 1.807) is 67.1 Å². The number of fused-ring (bicyclic) bond motifs is 1. The van der Waals surface area contributed by atoms with Crippen LogP contribution in [0.5, 0.6) is 34.5 Å². The third-order valence-corrected chi connectivity index (χ3v) is 14.7. The van der Waals surface area contributed by atoms with Crippen molar-refractivity contribution in [1.82, 2.24) is 40.1 Å². The van der Waals surface area contributed by atoms with E-state index in [1.807, 2.05) is 170 Å². The van der Waals surface area contributed by atoms with Crippen molar-refractivity contribution in [3.8, 4) is 114 Å². The highest BCUT2D eigenvalue weighted by molar-refractivity contribution is 6.39. The van der Waals surface area contributed by atoms with Crippen molar-refractivity contribution in [3.05, 3.63) is 268 Å². The van der Waals surface area contributed by atoms with Gasteiger partial charge in [0.1, 0.15) is 56.9 Å². The number of benzene rings is 6. The van der Waals surface area contributed by atoms with Gasteiger partial charge in [-0.1, -0.05) is 119 Å². The fourth-order valence-electron chi connectivity index (χ4n) is 9.24. The second-order valence-corrected chi connectivity index (χ2v) is 20.5. The first-order valence-electron chi connectivity index (χ1n) is 27.1. The second-order valence-electron chi connectivity index (χ2n) is 19.0. The number of pyridine rings is 6. The van der Waals surface area contributed by atoms with Crippen molar-refractivity contribution in [2.75, 3.05) is 11.2 Å². The Morgan fingerprint density at radius 1 is 0.404 bits per heavy atom. The molecule has 0 spiro atoms. The molecule has 13 rings (SSSR count). The second kappa shape index (κ2) is 27.9. The Kier molecular flexibility index (Phi) is 18.6. The summed E-state index contributed by atoms with van der Waals surface area (Å²) < 4.78 is 17.5. The van der Waals surface area contributed by atoms with Crippen LogP contribution >= 0.6 is 46.4 Å². The van der Waals surface area contributed by atoms with Crippen LogP contribution in [-0.4, -0.2) is 40.1 Å². The van der Waals surface area contributed by atoms with E-state index in [9.17, 15) is 10.5 Å². The topological polar surface area (TPSA) is 245 Å². The van der Waals surface area contributed by atoms with Gasteiger partial charge in [0.2, 0.25) is 0 Å². The zero-order chi connectivity index (χ0) is 61.6. The zero-order valence-electron chi connectivity index (χ0n) is 46.4. The van der Waals surface area contributed by atoms with Gasteiger partial charge in [-0.25, -0.2) is 20.8 Å². The van der Waals surface area contributed by atoms with Crippen LogP contribution in [0.25, 0.3) is 78.4 Å². The van der Waals surface area contributed by atoms with Crippen molar-refractivity contribution in [1.29, 1.82) is 10.5 Å². The molecular formula is C69H45Cl4N13O3. The highest BCUT2D eigenvalue weighted by Gasteiger charge is 2.24. The molecule has 6 N–H and O–H groups in total. The maximum atomic E-state index is 9.77. The van der Waals surface area contributed by atoms with E-state index in [4.69, 9.17) is 72.2 Å². The summed E-state index contributed by atoms with van der Waals surface area (Å²) in [5.41, 5.74) is 17.1. The number of aromatic nitrogens is 8. The van der Waals surface area contributed by atoms with Gasteiger partial charge in [0.25, 0.3) is 0 Å². The van der Waals surface area contributed by atoms with E-state index in [1.165, 1.54) is 0 Å². The lowest BCUT2D eigenvalue weighted by molar-refractivity contribution is 0.482. The molecule has 0 aliphatic carbocycles. The van der Waals surface area contributed by atoms with Gasteiger partial charge in [-0.05, 0) is 146 Å². The molecule has 7 heterocycles. The van der Waals surface area contributed by atoms with E-state index < -0.39 is 0 Å². The molecule has 6 aromatic carbocycles. The molecule has 0 aliphatic rings. The minimum Gasteiger partial charge on any atom is -0.457 e. The Labute approximate surface area is 530 Å². The monoisotopic (exact) mass is 1240 g/mol. The van der Waals surface area contributed by atoms with Crippen LogP contribution in [-0.2, 0) is 0 Å². The molecule has 0 aliphatic heterocycles. The summed E-state index contributed by atoms with van der Waals surface area (Å²) in [5, 5.41) is 28.3. The number of H-pyrrole nitrogens is 1. The van der Waals surface area contributed by atoms with Crippen LogP contribution in [0.3, 0.4) is 0 Å². The molecular weight excluding hydrogens is 1200 g/mol. The molecule has 7 aromatic heterocycles. The zero-order valence-corrected chi connectivity index (χ0v) is 49.5. The van der Waals surface area contributed by atoms with Crippen LogP contribution in [0.15, 0.2) is 237 Å². The highest BCUT2D eigenvalue weighted by atomic mass is 35.5. The first-order chi connectivity index (χ1) is 43.6. The van der Waals surface area contributed by atoms with Crippen molar-refractivity contribution in [3.63, 3.8) is 0 Å². The minimum absolute atomic E-state index is 0.187. The van der Waals surface area contributed by atoms with Gasteiger partial charge in [-0.2, -0.15) is 15.6 Å². The fourth-order valence-corrected chi connectivity index (χ4v) is 10.5. The summed E-state index contributed by atoms with van der Waals surface area (Å²) in [5.74, 6) is 10.7. The van der Waals surface area contributed by atoms with Gasteiger partial charge in [0, 0.05) is 35.3 Å². The predicted molar refractivity (Wildman–Crippen MR) is 350 cm³/mol. The quantitative estimate of drug-likeness (QED) is 0.0476. The number of anilines is 2. The molecule has 0 atom stereocenters. The Bertz CT molecular complexity index is 4670. The Hall–Kier alpha value is -11.2. The van der Waals surface area contributed by atoms with Gasteiger partial charge in [-0.3, -0.25) is 20.1 Å². The summed E-state index contributed by atoms with van der Waals surface area (Å²) in [6.07, 6.45) is 4.97. The number of aromatic amines is 1. The fraction of sp³-hybridized carbons (Fsp3) is 0. The standard InChI is InChI=1S/C23H13Cl2N3O.2C23H16ClN5O/c24-21-18(14-26)22(28-23(25)20(21)19-8-4-5-13-27-19)15-9-11-17(12-10-15)29-16-6-2-1-3-7-16;24-22-18(17-8-4-5-13-26-17)21-19(23(25)29-28-21)20(27-22)14-9-11-16(12-10-14)30-15-6-2-1-3-7-15;24-21-18(14-25)22(28-23(29-26)20(21)19-8-4-5-13-27-19)15-9-11-17(12-10-15)30-16-6-2-1-3-7-16/h1-13H;1-13H,(H3,25,28,29);1-13H,26H2,(H,28,29). The number of nitrogens with one attached hydrogen (secondary N) is 2. The lowest BCUT2D eigenvalue weighted by atomic mass is 10.0. The van der Waals surface area contributed by atoms with Gasteiger partial charge in [0.15, 0.2) is 11.6 Å². The number of nitriles is 2. The van der Waals surface area contributed by atoms with Crippen molar-refractivity contribution >= 4 is 68.9 Å². The van der Waals surface area contributed by atoms with Crippen LogP contribution < -0.4 is 31.2 Å². The first kappa shape index (κ1) is 59.5. The number of nitrogens with zero attached hydrogens (tertiary/aromatic N) is 9. The number of halogens is 4. The highest BCUT2D eigenvalue weighted by Crippen LogP contribution is 2.43. The summed E-state index contributed by atoms with van der Waals surface area (Å²) >= 11 is 26.1. The Morgan fingerprint density at radius 2 is 0.753 bits per heavy atom. The molecule has 0 saturated heterocycles. The maximum absolute atomic E-state index is 9.77. The summed E-state index contributed by atoms with van der Waals surface area (Å²) in [4.78, 5) is 26.6. The normalized spacial score (nSPS) is 10.6. The third kappa shape index (κ3) is 13.6. The number of hydrogen-bond acceptors (Lipinski definition) is 15. The number of nitrogen functional groups attached to an aromatic ring is 2. The number of para-hydroxylation sites is 3. The number of rotatable bonds is 13. The molecule has 0 saturated carbocycles. The molecule has 432 valence electrons. The number of ether oxygens (including phenoxy) is 3. The van der Waals surface area contributed by atoms with E-state index in [2.05, 4.69) is 57.7 Å². The average molecular weight is 1250 g/mol. The lowest BCUT2D eigenvalue weighted by Crippen LogP contribution is -2.12. The van der Waals surface area contributed by atoms with Crippen LogP contribution in [0.2, 0.25) is 20.4 Å². The summed E-state index contributed by atoms with van der Waals surface area (Å²) in [7, 11) is 0. The van der Waals surface area contributed by atoms with Crippen molar-refractivity contribution in [2.24, 2.45) is 5.84 Å². The SMILES string of the molecule is N#Cc1c(-c2ccc(Oc3ccccc3)cc2)nc(Cl)c(-c2ccccn2)c1Cl.N#Cc1c(-c2ccc(Oc3ccccc3)cc2)nc(NN)c(-c2ccccn2)c1Cl.Nc1n[nH]c2c(-c3ccccn3)c(Cl)nc(-c3ccc(Oc4ccccc4)cc3)c12. The van der Waals surface area contributed by atoms with Crippen LogP contribution in [0, 0.1) is 22.7 Å². The summed E-state index contributed by atoms with van der Waals surface area (Å²) in [6, 6.07) is 71.3. The van der Waals surface area contributed by atoms with E-state index in [-0.39, 0.29) is 26.3 Å². The third-order valence-electron chi connectivity index (χ3n) is 13.4. The van der Waals surface area contributed by atoms with E-state index >= 15 is 0 Å². The Balaban J connectivity index is 0.000000138. The molecule has 0 fully saturated rings.